The van der Waals surface area contributed by atoms with Gasteiger partial charge in [-0.3, -0.25) is 5.41 Å². The predicted molar refractivity (Wildman–Crippen MR) is 45.3 cm³/mol. The molecule has 0 amide bonds. The van der Waals surface area contributed by atoms with Crippen LogP contribution >= 0.6 is 23.2 Å². The number of nitrogens with one attached hydrogen (secondary N) is 1. The Kier molecular flexibility index (Phi) is 2.31. The SMILES string of the molecule is N=C(N)c1nc(Cl)ccc1Cl. The Bertz CT molecular complexity index is 298. The van der Waals surface area contributed by atoms with Crippen LogP contribution in [0.4, 0.5) is 0 Å². The zero-order valence-electron chi connectivity index (χ0n) is 5.44. The fraction of sp³-hybridized carbons (Fsp3) is 0. The minimum Gasteiger partial charge on any atom is -0.382 e. The smallest absolute Gasteiger partial charge is 0.143 e. The van der Waals surface area contributed by atoms with Crippen LogP contribution in [0.1, 0.15) is 5.69 Å². The summed E-state index contributed by atoms with van der Waals surface area (Å²) in [5.74, 6) is -0.183. The topological polar surface area (TPSA) is 62.8 Å². The van der Waals surface area contributed by atoms with Gasteiger partial charge in [-0.05, 0) is 12.1 Å². The normalized spacial score (nSPS) is 9.64. The van der Waals surface area contributed by atoms with Crippen LogP contribution in [-0.4, -0.2) is 10.8 Å². The van der Waals surface area contributed by atoms with Gasteiger partial charge >= 0.3 is 0 Å². The second kappa shape index (κ2) is 3.07. The molecule has 0 fully saturated rings. The second-order valence-electron chi connectivity index (χ2n) is 1.88. The van der Waals surface area contributed by atoms with Gasteiger partial charge in [0, 0.05) is 0 Å². The highest BCUT2D eigenvalue weighted by Crippen LogP contribution is 2.15. The number of pyridine rings is 1. The van der Waals surface area contributed by atoms with Crippen molar-refractivity contribution in [3.63, 3.8) is 0 Å². The van der Waals surface area contributed by atoms with Gasteiger partial charge in [0.15, 0.2) is 0 Å². The molecule has 58 valence electrons. The van der Waals surface area contributed by atoms with Crippen LogP contribution in [-0.2, 0) is 0 Å². The van der Waals surface area contributed by atoms with Gasteiger partial charge in [-0.15, -0.1) is 0 Å². The summed E-state index contributed by atoms with van der Waals surface area (Å²) in [5, 5.41) is 7.66. The zero-order valence-corrected chi connectivity index (χ0v) is 6.95. The monoisotopic (exact) mass is 189 g/mol. The van der Waals surface area contributed by atoms with Crippen molar-refractivity contribution in [3.05, 3.63) is 28.0 Å². The Balaban J connectivity index is 3.23. The quantitative estimate of drug-likeness (QED) is 0.402. The summed E-state index contributed by atoms with van der Waals surface area (Å²) < 4.78 is 0. The first-order valence-corrected chi connectivity index (χ1v) is 3.53. The number of amidine groups is 1. The lowest BCUT2D eigenvalue weighted by molar-refractivity contribution is 1.26. The molecule has 0 radical (unpaired) electrons. The summed E-state index contributed by atoms with van der Waals surface area (Å²) in [6.45, 7) is 0. The van der Waals surface area contributed by atoms with E-state index in [0.29, 0.717) is 5.02 Å². The van der Waals surface area contributed by atoms with Crippen LogP contribution in [0.2, 0.25) is 10.2 Å². The standard InChI is InChI=1S/C6H5Cl2N3/c7-3-1-2-4(8)11-5(3)6(9)10/h1-2H,(H3,9,10). The molecule has 0 saturated heterocycles. The average Bonchev–Trinajstić information content (AvgIpc) is 1.94. The molecule has 3 N–H and O–H groups in total. The van der Waals surface area contributed by atoms with E-state index >= 15 is 0 Å². The van der Waals surface area contributed by atoms with E-state index in [1.54, 1.807) is 6.07 Å². The number of rotatable bonds is 1. The van der Waals surface area contributed by atoms with Crippen molar-refractivity contribution < 1.29 is 0 Å². The first-order chi connectivity index (χ1) is 5.11. The summed E-state index contributed by atoms with van der Waals surface area (Å²) in [5.41, 5.74) is 5.38. The molecule has 5 heteroatoms. The summed E-state index contributed by atoms with van der Waals surface area (Å²) in [7, 11) is 0. The fourth-order valence-corrected chi connectivity index (χ4v) is 0.962. The van der Waals surface area contributed by atoms with Crippen molar-refractivity contribution in [2.45, 2.75) is 0 Å². The molecular formula is C6H5Cl2N3. The Morgan fingerprint density at radius 1 is 1.45 bits per heavy atom. The van der Waals surface area contributed by atoms with Crippen LogP contribution in [0.5, 0.6) is 0 Å². The number of aromatic nitrogens is 1. The molecule has 0 aliphatic carbocycles. The van der Waals surface area contributed by atoms with Crippen molar-refractivity contribution in [1.29, 1.82) is 5.41 Å². The van der Waals surface area contributed by atoms with Crippen molar-refractivity contribution in [1.82, 2.24) is 4.98 Å². The molecule has 0 spiro atoms. The van der Waals surface area contributed by atoms with Crippen LogP contribution in [0.25, 0.3) is 0 Å². The van der Waals surface area contributed by atoms with Gasteiger partial charge in [-0.2, -0.15) is 0 Å². The van der Waals surface area contributed by atoms with Crippen LogP contribution in [0, 0.1) is 5.41 Å². The minimum atomic E-state index is -0.183. The predicted octanol–water partition coefficient (Wildman–Crippen LogP) is 1.67. The van der Waals surface area contributed by atoms with E-state index in [1.807, 2.05) is 0 Å². The van der Waals surface area contributed by atoms with Crippen molar-refractivity contribution in [3.8, 4) is 0 Å². The first-order valence-electron chi connectivity index (χ1n) is 2.77. The Hall–Kier alpha value is -0.800. The molecule has 3 nitrogen and oxygen atoms in total. The molecule has 0 bridgehead atoms. The van der Waals surface area contributed by atoms with E-state index in [2.05, 4.69) is 4.98 Å². The molecule has 0 saturated carbocycles. The van der Waals surface area contributed by atoms with Gasteiger partial charge in [0.25, 0.3) is 0 Å². The number of halogens is 2. The summed E-state index contributed by atoms with van der Waals surface area (Å²) in [6.07, 6.45) is 0. The maximum Gasteiger partial charge on any atom is 0.143 e. The summed E-state index contributed by atoms with van der Waals surface area (Å²) in [6, 6.07) is 3.09. The Labute approximate surface area is 73.6 Å². The second-order valence-corrected chi connectivity index (χ2v) is 2.67. The van der Waals surface area contributed by atoms with Crippen molar-refractivity contribution in [2.75, 3.05) is 0 Å². The molecule has 1 aromatic heterocycles. The molecule has 0 atom stereocenters. The van der Waals surface area contributed by atoms with Gasteiger partial charge in [-0.25, -0.2) is 4.98 Å². The highest BCUT2D eigenvalue weighted by molar-refractivity contribution is 6.34. The highest BCUT2D eigenvalue weighted by atomic mass is 35.5. The maximum absolute atomic E-state index is 7.05. The third kappa shape index (κ3) is 1.82. The van der Waals surface area contributed by atoms with Gasteiger partial charge < -0.3 is 5.73 Å². The largest absolute Gasteiger partial charge is 0.382 e. The van der Waals surface area contributed by atoms with Gasteiger partial charge in [0.05, 0.1) is 5.02 Å². The van der Waals surface area contributed by atoms with E-state index in [1.165, 1.54) is 6.07 Å². The average molecular weight is 190 g/mol. The molecule has 1 aromatic rings. The molecule has 0 aliphatic heterocycles. The number of hydrogen-bond donors (Lipinski definition) is 2. The van der Waals surface area contributed by atoms with Gasteiger partial charge in [0.2, 0.25) is 0 Å². The lowest BCUT2D eigenvalue weighted by Gasteiger charge is -1.99. The number of nitrogens with two attached hydrogens (primary N) is 1. The van der Waals surface area contributed by atoms with Gasteiger partial charge in [0.1, 0.15) is 16.7 Å². The molecular weight excluding hydrogens is 185 g/mol. The highest BCUT2D eigenvalue weighted by Gasteiger charge is 2.04. The maximum atomic E-state index is 7.05. The molecule has 0 unspecified atom stereocenters. The number of nitrogen functional groups attached to an aromatic ring is 1. The third-order valence-electron chi connectivity index (χ3n) is 1.07. The molecule has 0 aliphatic rings. The Morgan fingerprint density at radius 3 is 2.55 bits per heavy atom. The van der Waals surface area contributed by atoms with Crippen LogP contribution in [0.3, 0.4) is 0 Å². The zero-order chi connectivity index (χ0) is 8.43. The third-order valence-corrected chi connectivity index (χ3v) is 1.58. The van der Waals surface area contributed by atoms with Crippen LogP contribution in [0.15, 0.2) is 12.1 Å². The van der Waals surface area contributed by atoms with E-state index in [4.69, 9.17) is 34.3 Å². The Morgan fingerprint density at radius 2 is 2.09 bits per heavy atom. The van der Waals surface area contributed by atoms with E-state index in [-0.39, 0.29) is 16.7 Å². The molecule has 11 heavy (non-hydrogen) atoms. The summed E-state index contributed by atoms with van der Waals surface area (Å²) >= 11 is 11.2. The van der Waals surface area contributed by atoms with E-state index in [9.17, 15) is 0 Å². The van der Waals surface area contributed by atoms with Crippen molar-refractivity contribution in [2.24, 2.45) is 5.73 Å². The lowest BCUT2D eigenvalue weighted by Crippen LogP contribution is -2.13. The van der Waals surface area contributed by atoms with Crippen molar-refractivity contribution >= 4 is 29.0 Å². The lowest BCUT2D eigenvalue weighted by atomic mass is 10.3. The minimum absolute atomic E-state index is 0.183. The molecule has 1 heterocycles. The summed E-state index contributed by atoms with van der Waals surface area (Å²) in [4.78, 5) is 3.76. The number of nitrogens with zero attached hydrogens (tertiary/aromatic N) is 1. The molecule has 1 rings (SSSR count). The first kappa shape index (κ1) is 8.30. The fourth-order valence-electron chi connectivity index (χ4n) is 0.607. The molecule has 0 aromatic carbocycles. The van der Waals surface area contributed by atoms with Crippen LogP contribution < -0.4 is 5.73 Å². The van der Waals surface area contributed by atoms with E-state index in [0.717, 1.165) is 0 Å². The van der Waals surface area contributed by atoms with E-state index < -0.39 is 0 Å². The van der Waals surface area contributed by atoms with Gasteiger partial charge in [-0.1, -0.05) is 23.2 Å². The number of hydrogen-bond acceptors (Lipinski definition) is 2.